The van der Waals surface area contributed by atoms with Gasteiger partial charge in [0.1, 0.15) is 0 Å². The molecule has 0 saturated carbocycles. The first kappa shape index (κ1) is 13.1. The number of rotatable bonds is 3. The Labute approximate surface area is 104 Å². The van der Waals surface area contributed by atoms with Crippen molar-refractivity contribution in [1.29, 1.82) is 0 Å². The van der Waals surface area contributed by atoms with Crippen molar-refractivity contribution in [3.63, 3.8) is 0 Å². The van der Waals surface area contributed by atoms with E-state index in [2.05, 4.69) is 20.8 Å². The normalized spacial score (nSPS) is 30.0. The van der Waals surface area contributed by atoms with Crippen molar-refractivity contribution in [3.05, 3.63) is 11.1 Å². The number of aliphatic hydroxyl groups excluding tert-OH is 1. The van der Waals surface area contributed by atoms with E-state index in [4.69, 9.17) is 9.47 Å². The van der Waals surface area contributed by atoms with Gasteiger partial charge in [-0.3, -0.25) is 0 Å². The van der Waals surface area contributed by atoms with E-state index in [1.165, 1.54) is 11.1 Å². The summed E-state index contributed by atoms with van der Waals surface area (Å²) in [6.45, 7) is 8.38. The van der Waals surface area contributed by atoms with Crippen LogP contribution in [0.15, 0.2) is 11.1 Å². The molecular formula is C14H24O3. The predicted octanol–water partition coefficient (Wildman–Crippen LogP) is 2.49. The predicted molar refractivity (Wildman–Crippen MR) is 66.6 cm³/mol. The molecule has 1 aliphatic heterocycles. The van der Waals surface area contributed by atoms with Gasteiger partial charge in [-0.2, -0.15) is 0 Å². The van der Waals surface area contributed by atoms with Crippen LogP contribution in [0, 0.1) is 11.3 Å². The molecule has 3 nitrogen and oxygen atoms in total. The Morgan fingerprint density at radius 2 is 1.94 bits per heavy atom. The monoisotopic (exact) mass is 240 g/mol. The Bertz CT molecular complexity index is 301. The lowest BCUT2D eigenvalue weighted by atomic mass is 9.64. The molecule has 1 atom stereocenters. The van der Waals surface area contributed by atoms with Gasteiger partial charge in [-0.15, -0.1) is 0 Å². The van der Waals surface area contributed by atoms with Crippen LogP contribution in [-0.2, 0) is 9.47 Å². The van der Waals surface area contributed by atoms with E-state index in [0.717, 1.165) is 32.5 Å². The summed E-state index contributed by atoms with van der Waals surface area (Å²) in [5.41, 5.74) is 2.91. The highest BCUT2D eigenvalue weighted by Gasteiger charge is 2.43. The molecule has 0 aromatic rings. The minimum atomic E-state index is -0.0493. The molecule has 0 amide bonds. The Hall–Kier alpha value is -0.380. The molecule has 3 heteroatoms. The molecule has 98 valence electrons. The Morgan fingerprint density at radius 1 is 1.29 bits per heavy atom. The molecule has 0 radical (unpaired) electrons. The van der Waals surface area contributed by atoms with Crippen molar-refractivity contribution < 1.29 is 14.6 Å². The van der Waals surface area contributed by atoms with Crippen LogP contribution in [0.1, 0.15) is 40.0 Å². The minimum absolute atomic E-state index is 0.0493. The fraction of sp³-hybridized carbons (Fsp3) is 0.857. The third kappa shape index (κ3) is 2.42. The van der Waals surface area contributed by atoms with E-state index in [1.807, 2.05) is 0 Å². The van der Waals surface area contributed by atoms with Gasteiger partial charge in [-0.25, -0.2) is 0 Å². The zero-order valence-corrected chi connectivity index (χ0v) is 11.2. The first-order valence-electron chi connectivity index (χ1n) is 6.60. The van der Waals surface area contributed by atoms with Crippen LogP contribution in [0.4, 0.5) is 0 Å². The van der Waals surface area contributed by atoms with Gasteiger partial charge in [0, 0.05) is 12.5 Å². The standard InChI is InChI=1S/C14H24O3/c1-10-4-5-12(13-16-8-9-17-13)14(2,3)11(10)6-7-15/h12-13,15H,4-9H2,1-3H3. The van der Waals surface area contributed by atoms with E-state index in [-0.39, 0.29) is 18.3 Å². The average molecular weight is 240 g/mol. The summed E-state index contributed by atoms with van der Waals surface area (Å²) >= 11 is 0. The van der Waals surface area contributed by atoms with Crippen LogP contribution >= 0.6 is 0 Å². The second kappa shape index (κ2) is 5.09. The molecule has 0 aromatic heterocycles. The lowest BCUT2D eigenvalue weighted by Gasteiger charge is -2.43. The minimum Gasteiger partial charge on any atom is -0.396 e. The van der Waals surface area contributed by atoms with Crippen LogP contribution in [0.3, 0.4) is 0 Å². The zero-order valence-electron chi connectivity index (χ0n) is 11.2. The quantitative estimate of drug-likeness (QED) is 0.770. The van der Waals surface area contributed by atoms with Crippen molar-refractivity contribution in [2.75, 3.05) is 19.8 Å². The SMILES string of the molecule is CC1=C(CCO)C(C)(C)C(C2OCCO2)CC1. The largest absolute Gasteiger partial charge is 0.396 e. The van der Waals surface area contributed by atoms with E-state index in [0.29, 0.717) is 5.92 Å². The Morgan fingerprint density at radius 3 is 2.53 bits per heavy atom. The van der Waals surface area contributed by atoms with Crippen LogP contribution in [0.2, 0.25) is 0 Å². The Balaban J connectivity index is 2.21. The van der Waals surface area contributed by atoms with Gasteiger partial charge in [0.05, 0.1) is 13.2 Å². The summed E-state index contributed by atoms with van der Waals surface area (Å²) in [7, 11) is 0. The van der Waals surface area contributed by atoms with Gasteiger partial charge in [-0.1, -0.05) is 25.0 Å². The molecule has 2 aliphatic rings. The highest BCUT2D eigenvalue weighted by molar-refractivity contribution is 5.24. The molecule has 0 spiro atoms. The van der Waals surface area contributed by atoms with Gasteiger partial charge >= 0.3 is 0 Å². The lowest BCUT2D eigenvalue weighted by Crippen LogP contribution is -2.39. The summed E-state index contributed by atoms with van der Waals surface area (Å²) in [5, 5.41) is 9.22. The molecule has 0 bridgehead atoms. The van der Waals surface area contributed by atoms with Crippen LogP contribution in [-0.4, -0.2) is 31.2 Å². The van der Waals surface area contributed by atoms with Crippen molar-refractivity contribution in [2.24, 2.45) is 11.3 Å². The first-order chi connectivity index (χ1) is 8.07. The van der Waals surface area contributed by atoms with Crippen LogP contribution < -0.4 is 0 Å². The number of allylic oxidation sites excluding steroid dienone is 1. The fourth-order valence-corrected chi connectivity index (χ4v) is 3.39. The zero-order chi connectivity index (χ0) is 12.5. The topological polar surface area (TPSA) is 38.7 Å². The molecular weight excluding hydrogens is 216 g/mol. The maximum Gasteiger partial charge on any atom is 0.161 e. The Kier molecular flexibility index (Phi) is 3.91. The number of hydrogen-bond acceptors (Lipinski definition) is 3. The molecule has 1 N–H and O–H groups in total. The van der Waals surface area contributed by atoms with E-state index >= 15 is 0 Å². The van der Waals surface area contributed by atoms with E-state index in [9.17, 15) is 5.11 Å². The summed E-state index contributed by atoms with van der Waals surface area (Å²) in [4.78, 5) is 0. The molecule has 1 saturated heterocycles. The molecule has 1 fully saturated rings. The van der Waals surface area contributed by atoms with E-state index < -0.39 is 0 Å². The van der Waals surface area contributed by atoms with Crippen molar-refractivity contribution >= 4 is 0 Å². The van der Waals surface area contributed by atoms with Gasteiger partial charge < -0.3 is 14.6 Å². The van der Waals surface area contributed by atoms with Gasteiger partial charge in [-0.05, 0) is 31.6 Å². The van der Waals surface area contributed by atoms with Crippen molar-refractivity contribution in [2.45, 2.75) is 46.3 Å². The maximum absolute atomic E-state index is 9.22. The third-order valence-corrected chi connectivity index (χ3v) is 4.39. The summed E-state index contributed by atoms with van der Waals surface area (Å²) in [6.07, 6.45) is 2.96. The molecule has 1 heterocycles. The first-order valence-corrected chi connectivity index (χ1v) is 6.60. The highest BCUT2D eigenvalue weighted by Crippen LogP contribution is 2.48. The maximum atomic E-state index is 9.22. The number of ether oxygens (including phenoxy) is 2. The highest BCUT2D eigenvalue weighted by atomic mass is 16.7. The smallest absolute Gasteiger partial charge is 0.161 e. The average Bonchev–Trinajstić information content (AvgIpc) is 2.77. The number of hydrogen-bond donors (Lipinski definition) is 1. The van der Waals surface area contributed by atoms with Crippen molar-refractivity contribution in [1.82, 2.24) is 0 Å². The van der Waals surface area contributed by atoms with Gasteiger partial charge in [0.2, 0.25) is 0 Å². The van der Waals surface area contributed by atoms with E-state index in [1.54, 1.807) is 0 Å². The van der Waals surface area contributed by atoms with Gasteiger partial charge in [0.25, 0.3) is 0 Å². The summed E-state index contributed by atoms with van der Waals surface area (Å²) < 4.78 is 11.4. The molecule has 0 aromatic carbocycles. The second-order valence-corrected chi connectivity index (χ2v) is 5.71. The fourth-order valence-electron chi connectivity index (χ4n) is 3.39. The van der Waals surface area contributed by atoms with Crippen LogP contribution in [0.5, 0.6) is 0 Å². The summed E-state index contributed by atoms with van der Waals surface area (Å²) in [5.74, 6) is 0.412. The van der Waals surface area contributed by atoms with Gasteiger partial charge in [0.15, 0.2) is 6.29 Å². The number of aliphatic hydroxyl groups is 1. The molecule has 1 aliphatic carbocycles. The lowest BCUT2D eigenvalue weighted by molar-refractivity contribution is -0.115. The third-order valence-electron chi connectivity index (χ3n) is 4.39. The summed E-state index contributed by atoms with van der Waals surface area (Å²) in [6, 6.07) is 0. The van der Waals surface area contributed by atoms with Crippen molar-refractivity contribution in [3.8, 4) is 0 Å². The molecule has 2 rings (SSSR count). The second-order valence-electron chi connectivity index (χ2n) is 5.71. The molecule has 1 unspecified atom stereocenters. The van der Waals surface area contributed by atoms with Crippen LogP contribution in [0.25, 0.3) is 0 Å². The molecule has 17 heavy (non-hydrogen) atoms.